The van der Waals surface area contributed by atoms with Crippen molar-refractivity contribution in [3.8, 4) is 0 Å². The van der Waals surface area contributed by atoms with Crippen molar-refractivity contribution in [1.82, 2.24) is 4.90 Å². The molecule has 4 nitrogen and oxygen atoms in total. The van der Waals surface area contributed by atoms with Gasteiger partial charge in [0.15, 0.2) is 0 Å². The molecule has 1 atom stereocenters. The molecule has 0 aromatic heterocycles. The smallest absolute Gasteiger partial charge is 0.308 e. The van der Waals surface area contributed by atoms with Gasteiger partial charge < -0.3 is 10.0 Å². The molecule has 0 aliphatic carbocycles. The van der Waals surface area contributed by atoms with Gasteiger partial charge in [-0.25, -0.2) is 0 Å². The number of carbonyl (C=O) groups is 2. The molecule has 0 spiro atoms. The number of hydrogen-bond acceptors (Lipinski definition) is 3. The van der Waals surface area contributed by atoms with Crippen molar-refractivity contribution < 1.29 is 14.7 Å². The molecule has 1 aromatic rings. The Kier molecular flexibility index (Phi) is 4.47. The van der Waals surface area contributed by atoms with Gasteiger partial charge >= 0.3 is 5.97 Å². The third kappa shape index (κ3) is 3.29. The number of carbonyl (C=O) groups excluding carboxylic acids is 1. The Bertz CT molecular complexity index is 472. The highest BCUT2D eigenvalue weighted by atomic mass is 32.2. The van der Waals surface area contributed by atoms with Gasteiger partial charge in [-0.1, -0.05) is 12.1 Å². The van der Waals surface area contributed by atoms with Crippen LogP contribution in [0.15, 0.2) is 24.3 Å². The second-order valence-electron chi connectivity index (χ2n) is 4.70. The van der Waals surface area contributed by atoms with E-state index in [4.69, 9.17) is 5.11 Å². The van der Waals surface area contributed by atoms with Crippen LogP contribution in [-0.4, -0.2) is 41.2 Å². The summed E-state index contributed by atoms with van der Waals surface area (Å²) in [5, 5.41) is 8.94. The van der Waals surface area contributed by atoms with Gasteiger partial charge in [0.25, 0.3) is 5.91 Å². The predicted octanol–water partition coefficient (Wildman–Crippen LogP) is 2.10. The fraction of sp³-hybridized carbons (Fsp3) is 0.429. The van der Waals surface area contributed by atoms with Gasteiger partial charge in [-0.15, -0.1) is 0 Å². The molecule has 0 bridgehead atoms. The number of thioether (sulfide) groups is 1. The molecular weight excluding hydrogens is 262 g/mol. The first kappa shape index (κ1) is 13.9. The van der Waals surface area contributed by atoms with Crippen LogP contribution in [0.5, 0.6) is 0 Å². The van der Waals surface area contributed by atoms with E-state index in [0.29, 0.717) is 25.1 Å². The number of rotatable bonds is 4. The van der Waals surface area contributed by atoms with Crippen LogP contribution >= 0.6 is 11.8 Å². The first-order valence-electron chi connectivity index (χ1n) is 6.21. The summed E-state index contributed by atoms with van der Waals surface area (Å²) in [4.78, 5) is 24.7. The van der Waals surface area contributed by atoms with Crippen LogP contribution in [0.3, 0.4) is 0 Å². The van der Waals surface area contributed by atoms with E-state index < -0.39 is 11.9 Å². The zero-order valence-electron chi connectivity index (χ0n) is 10.8. The van der Waals surface area contributed by atoms with E-state index >= 15 is 0 Å². The van der Waals surface area contributed by atoms with Crippen LogP contribution in [0, 0.1) is 5.92 Å². The second kappa shape index (κ2) is 6.10. The van der Waals surface area contributed by atoms with Crippen molar-refractivity contribution in [2.75, 3.05) is 19.3 Å². The summed E-state index contributed by atoms with van der Waals surface area (Å²) in [7, 11) is 0. The molecule has 1 N–H and O–H groups in total. The Morgan fingerprint density at radius 1 is 1.37 bits per heavy atom. The molecule has 1 aliphatic rings. The molecule has 19 heavy (non-hydrogen) atoms. The highest BCUT2D eigenvalue weighted by molar-refractivity contribution is 7.97. The van der Waals surface area contributed by atoms with Crippen molar-refractivity contribution in [1.29, 1.82) is 0 Å². The van der Waals surface area contributed by atoms with Crippen LogP contribution in [0.25, 0.3) is 0 Å². The van der Waals surface area contributed by atoms with Gasteiger partial charge in [-0.05, 0) is 30.4 Å². The highest BCUT2D eigenvalue weighted by Gasteiger charge is 2.31. The number of likely N-dealkylation sites (tertiary alicyclic amines) is 1. The van der Waals surface area contributed by atoms with E-state index in [1.807, 2.05) is 30.5 Å². The maximum absolute atomic E-state index is 12.2. The minimum Gasteiger partial charge on any atom is -0.481 e. The van der Waals surface area contributed by atoms with Crippen molar-refractivity contribution in [3.05, 3.63) is 35.4 Å². The summed E-state index contributed by atoms with van der Waals surface area (Å²) in [6, 6.07) is 7.55. The van der Waals surface area contributed by atoms with Crippen molar-refractivity contribution in [2.24, 2.45) is 5.92 Å². The number of hydrogen-bond donors (Lipinski definition) is 1. The topological polar surface area (TPSA) is 57.6 Å². The number of carboxylic acid groups (broad SMARTS) is 1. The molecule has 1 heterocycles. The lowest BCUT2D eigenvalue weighted by molar-refractivity contribution is -0.141. The lowest BCUT2D eigenvalue weighted by Crippen LogP contribution is -2.29. The number of benzene rings is 1. The molecule has 1 amide bonds. The second-order valence-corrected chi connectivity index (χ2v) is 5.57. The van der Waals surface area contributed by atoms with Crippen molar-refractivity contribution in [3.63, 3.8) is 0 Å². The van der Waals surface area contributed by atoms with Crippen molar-refractivity contribution in [2.45, 2.75) is 12.2 Å². The molecule has 1 aliphatic heterocycles. The zero-order chi connectivity index (χ0) is 13.8. The minimum absolute atomic E-state index is 0.0700. The molecule has 0 unspecified atom stereocenters. The molecule has 1 fully saturated rings. The fourth-order valence-electron chi connectivity index (χ4n) is 2.24. The van der Waals surface area contributed by atoms with Crippen molar-refractivity contribution >= 4 is 23.6 Å². The summed E-state index contributed by atoms with van der Waals surface area (Å²) in [5.41, 5.74) is 1.82. The average Bonchev–Trinajstić information content (AvgIpc) is 2.89. The summed E-state index contributed by atoms with van der Waals surface area (Å²) in [6.07, 6.45) is 2.58. The monoisotopic (exact) mass is 279 g/mol. The number of carboxylic acids is 1. The van der Waals surface area contributed by atoms with Crippen LogP contribution in [-0.2, 0) is 10.5 Å². The Balaban J connectivity index is 2.02. The largest absolute Gasteiger partial charge is 0.481 e. The summed E-state index contributed by atoms with van der Waals surface area (Å²) < 4.78 is 0. The Morgan fingerprint density at radius 2 is 2.05 bits per heavy atom. The molecule has 0 saturated carbocycles. The van der Waals surface area contributed by atoms with Gasteiger partial charge in [0, 0.05) is 24.4 Å². The maximum Gasteiger partial charge on any atom is 0.308 e. The predicted molar refractivity (Wildman–Crippen MR) is 75.3 cm³/mol. The quantitative estimate of drug-likeness (QED) is 0.917. The number of amides is 1. The Labute approximate surface area is 116 Å². The average molecular weight is 279 g/mol. The first-order valence-corrected chi connectivity index (χ1v) is 7.61. The molecule has 5 heteroatoms. The molecule has 1 saturated heterocycles. The van der Waals surface area contributed by atoms with E-state index in [9.17, 15) is 9.59 Å². The first-order chi connectivity index (χ1) is 9.11. The SMILES string of the molecule is CSCc1ccc(C(=O)N2CC[C@@H](C(=O)O)C2)cc1. The van der Waals surface area contributed by atoms with Gasteiger partial charge in [0.2, 0.25) is 0 Å². The third-order valence-corrected chi connectivity index (χ3v) is 3.96. The zero-order valence-corrected chi connectivity index (χ0v) is 11.7. The molecule has 0 radical (unpaired) electrons. The standard InChI is InChI=1S/C14H17NO3S/c1-19-9-10-2-4-11(5-3-10)13(16)15-7-6-12(8-15)14(17)18/h2-5,12H,6-9H2,1H3,(H,17,18)/t12-/m1/s1. The van der Waals surface area contributed by atoms with Crippen LogP contribution in [0.4, 0.5) is 0 Å². The van der Waals surface area contributed by atoms with E-state index in [1.54, 1.807) is 16.7 Å². The highest BCUT2D eigenvalue weighted by Crippen LogP contribution is 2.19. The lowest BCUT2D eigenvalue weighted by atomic mass is 10.1. The third-order valence-electron chi connectivity index (χ3n) is 3.34. The van der Waals surface area contributed by atoms with Gasteiger partial charge in [0.05, 0.1) is 5.92 Å². The molecular formula is C14H17NO3S. The van der Waals surface area contributed by atoms with Gasteiger partial charge in [-0.3, -0.25) is 9.59 Å². The normalized spacial score (nSPS) is 18.6. The maximum atomic E-state index is 12.2. The van der Waals surface area contributed by atoms with Crippen LogP contribution < -0.4 is 0 Å². The van der Waals surface area contributed by atoms with Crippen LogP contribution in [0.2, 0.25) is 0 Å². The van der Waals surface area contributed by atoms with E-state index in [0.717, 1.165) is 5.75 Å². The fourth-order valence-corrected chi connectivity index (χ4v) is 2.76. The molecule has 102 valence electrons. The Morgan fingerprint density at radius 3 is 2.58 bits per heavy atom. The van der Waals surface area contributed by atoms with Gasteiger partial charge in [0.1, 0.15) is 0 Å². The molecule has 1 aromatic carbocycles. The van der Waals surface area contributed by atoms with E-state index in [-0.39, 0.29) is 5.91 Å². The Hall–Kier alpha value is -1.49. The lowest BCUT2D eigenvalue weighted by Gasteiger charge is -2.16. The minimum atomic E-state index is -0.814. The summed E-state index contributed by atoms with van der Waals surface area (Å²) in [6.45, 7) is 0.850. The van der Waals surface area contributed by atoms with E-state index in [2.05, 4.69) is 0 Å². The summed E-state index contributed by atoms with van der Waals surface area (Å²) >= 11 is 1.74. The van der Waals surface area contributed by atoms with E-state index in [1.165, 1.54) is 5.56 Å². The summed E-state index contributed by atoms with van der Waals surface area (Å²) in [5.74, 6) is -0.371. The van der Waals surface area contributed by atoms with Crippen LogP contribution in [0.1, 0.15) is 22.3 Å². The number of nitrogens with zero attached hydrogens (tertiary/aromatic N) is 1. The number of aliphatic carboxylic acids is 1. The molecule has 2 rings (SSSR count). The van der Waals surface area contributed by atoms with Gasteiger partial charge in [-0.2, -0.15) is 11.8 Å².